The summed E-state index contributed by atoms with van der Waals surface area (Å²) in [5.41, 5.74) is 1.93. The normalized spacial score (nSPS) is 17.1. The van der Waals surface area contributed by atoms with Crippen molar-refractivity contribution in [2.45, 2.75) is 32.2 Å². The Bertz CT molecular complexity index is 969. The zero-order chi connectivity index (χ0) is 18.8. The molecule has 1 aromatic heterocycles. The molecule has 2 aromatic carbocycles. The molecule has 1 amide bonds. The molecule has 0 bridgehead atoms. The first kappa shape index (κ1) is 17.7. The minimum atomic E-state index is 0.00953. The second-order valence-electron chi connectivity index (χ2n) is 6.79. The molecule has 6 heteroatoms. The maximum atomic E-state index is 13.2. The number of rotatable bonds is 3. The summed E-state index contributed by atoms with van der Waals surface area (Å²) in [6.07, 6.45) is 3.23. The van der Waals surface area contributed by atoms with Crippen molar-refractivity contribution in [3.05, 3.63) is 59.1 Å². The van der Waals surface area contributed by atoms with E-state index in [0.717, 1.165) is 25.8 Å². The van der Waals surface area contributed by atoms with E-state index in [1.807, 2.05) is 47.4 Å². The Morgan fingerprint density at radius 2 is 1.85 bits per heavy atom. The van der Waals surface area contributed by atoms with Crippen LogP contribution in [0.2, 0.25) is 5.02 Å². The van der Waals surface area contributed by atoms with E-state index in [-0.39, 0.29) is 11.9 Å². The van der Waals surface area contributed by atoms with Crippen molar-refractivity contribution in [1.82, 2.24) is 15.0 Å². The molecule has 1 aliphatic heterocycles. The van der Waals surface area contributed by atoms with Gasteiger partial charge in [0.25, 0.3) is 11.8 Å². The van der Waals surface area contributed by atoms with E-state index < -0.39 is 0 Å². The fraction of sp³-hybridized carbons (Fsp3) is 0.286. The van der Waals surface area contributed by atoms with Gasteiger partial charge >= 0.3 is 0 Å². The third-order valence-corrected chi connectivity index (χ3v) is 5.32. The smallest absolute Gasteiger partial charge is 0.259 e. The summed E-state index contributed by atoms with van der Waals surface area (Å²) in [6.45, 7) is 2.88. The topological polar surface area (TPSA) is 59.2 Å². The molecule has 0 saturated carbocycles. The molecule has 4 rings (SSSR count). The van der Waals surface area contributed by atoms with Crippen molar-refractivity contribution in [3.63, 3.8) is 0 Å². The summed E-state index contributed by atoms with van der Waals surface area (Å²) in [6, 6.07) is 14.9. The van der Waals surface area contributed by atoms with Crippen LogP contribution in [0.1, 0.15) is 36.5 Å². The summed E-state index contributed by atoms with van der Waals surface area (Å²) in [5, 5.41) is 4.61. The molecule has 0 spiro atoms. The molecule has 0 N–H and O–H groups in total. The van der Waals surface area contributed by atoms with Gasteiger partial charge in [-0.1, -0.05) is 41.0 Å². The third-order valence-electron chi connectivity index (χ3n) is 4.99. The standard InChI is InChI=1S/C21H20ClN3O2/c1-14-8-6-7-13-25(14)21(26)16-10-3-2-9-15(16)20-23-19(24-27-20)17-11-4-5-12-18(17)22/h2-5,9-12,14H,6-8,13H2,1H3. The first-order valence-corrected chi connectivity index (χ1v) is 9.52. The van der Waals surface area contributed by atoms with Gasteiger partial charge in [-0.3, -0.25) is 4.79 Å². The van der Waals surface area contributed by atoms with Crippen LogP contribution in [0.25, 0.3) is 22.8 Å². The molecule has 1 fully saturated rings. The van der Waals surface area contributed by atoms with Crippen molar-refractivity contribution < 1.29 is 9.32 Å². The van der Waals surface area contributed by atoms with Crippen LogP contribution in [0.3, 0.4) is 0 Å². The van der Waals surface area contributed by atoms with E-state index >= 15 is 0 Å². The zero-order valence-electron chi connectivity index (χ0n) is 15.1. The Balaban J connectivity index is 1.70. The Labute approximate surface area is 163 Å². The number of hydrogen-bond donors (Lipinski definition) is 0. The number of benzene rings is 2. The van der Waals surface area contributed by atoms with Crippen molar-refractivity contribution >= 4 is 17.5 Å². The van der Waals surface area contributed by atoms with Crippen molar-refractivity contribution in [3.8, 4) is 22.8 Å². The Morgan fingerprint density at radius 3 is 2.63 bits per heavy atom. The maximum Gasteiger partial charge on any atom is 0.259 e. The molecule has 1 saturated heterocycles. The summed E-state index contributed by atoms with van der Waals surface area (Å²) in [4.78, 5) is 19.6. The molecule has 2 heterocycles. The van der Waals surface area contributed by atoms with E-state index in [9.17, 15) is 4.79 Å². The highest BCUT2D eigenvalue weighted by Gasteiger charge is 2.27. The number of carbonyl (C=O) groups excluding carboxylic acids is 1. The molecule has 138 valence electrons. The highest BCUT2D eigenvalue weighted by molar-refractivity contribution is 6.33. The number of nitrogens with zero attached hydrogens (tertiary/aromatic N) is 3. The minimum absolute atomic E-state index is 0.00953. The SMILES string of the molecule is CC1CCCCN1C(=O)c1ccccc1-c1nc(-c2ccccc2Cl)no1. The van der Waals surface area contributed by atoms with Crippen LogP contribution >= 0.6 is 11.6 Å². The maximum absolute atomic E-state index is 13.2. The molecule has 1 atom stereocenters. The van der Waals surface area contributed by atoms with Gasteiger partial charge in [-0.25, -0.2) is 0 Å². The van der Waals surface area contributed by atoms with E-state index in [2.05, 4.69) is 17.1 Å². The molecule has 3 aromatic rings. The van der Waals surface area contributed by atoms with Gasteiger partial charge in [0.15, 0.2) is 0 Å². The fourth-order valence-electron chi connectivity index (χ4n) is 3.50. The summed E-state index contributed by atoms with van der Waals surface area (Å²) in [5.74, 6) is 0.734. The van der Waals surface area contributed by atoms with E-state index in [0.29, 0.717) is 33.4 Å². The van der Waals surface area contributed by atoms with Crippen LogP contribution in [0.4, 0.5) is 0 Å². The predicted molar refractivity (Wildman–Crippen MR) is 105 cm³/mol. The lowest BCUT2D eigenvalue weighted by Gasteiger charge is -2.33. The number of carbonyl (C=O) groups is 1. The number of amides is 1. The molecule has 0 aliphatic carbocycles. The van der Waals surface area contributed by atoms with Gasteiger partial charge in [0, 0.05) is 18.2 Å². The van der Waals surface area contributed by atoms with Gasteiger partial charge in [-0.05, 0) is 50.5 Å². The average Bonchev–Trinajstić information content (AvgIpc) is 3.18. The van der Waals surface area contributed by atoms with Crippen LogP contribution in [-0.4, -0.2) is 33.5 Å². The highest BCUT2D eigenvalue weighted by atomic mass is 35.5. The third kappa shape index (κ3) is 3.47. The Hall–Kier alpha value is -2.66. The van der Waals surface area contributed by atoms with Gasteiger partial charge in [-0.2, -0.15) is 4.98 Å². The number of aromatic nitrogens is 2. The van der Waals surface area contributed by atoms with E-state index in [1.165, 1.54) is 0 Å². The minimum Gasteiger partial charge on any atom is -0.336 e. The van der Waals surface area contributed by atoms with Crippen LogP contribution in [0.15, 0.2) is 53.1 Å². The predicted octanol–water partition coefficient (Wildman–Crippen LogP) is 5.07. The second kappa shape index (κ2) is 7.53. The summed E-state index contributed by atoms with van der Waals surface area (Å²) >= 11 is 6.23. The van der Waals surface area contributed by atoms with Crippen molar-refractivity contribution in [2.24, 2.45) is 0 Å². The second-order valence-corrected chi connectivity index (χ2v) is 7.20. The molecule has 0 radical (unpaired) electrons. The van der Waals surface area contributed by atoms with Gasteiger partial charge in [0.05, 0.1) is 16.1 Å². The van der Waals surface area contributed by atoms with Crippen LogP contribution in [0, 0.1) is 0 Å². The fourth-order valence-corrected chi connectivity index (χ4v) is 3.72. The lowest BCUT2D eigenvalue weighted by Crippen LogP contribution is -2.42. The summed E-state index contributed by atoms with van der Waals surface area (Å²) in [7, 11) is 0. The average molecular weight is 382 g/mol. The van der Waals surface area contributed by atoms with Gasteiger partial charge in [-0.15, -0.1) is 0 Å². The van der Waals surface area contributed by atoms with Gasteiger partial charge in [0.2, 0.25) is 5.82 Å². The number of hydrogen-bond acceptors (Lipinski definition) is 4. The largest absolute Gasteiger partial charge is 0.336 e. The highest BCUT2D eigenvalue weighted by Crippen LogP contribution is 2.30. The first-order valence-electron chi connectivity index (χ1n) is 9.14. The molecular formula is C21H20ClN3O2. The number of piperidine rings is 1. The van der Waals surface area contributed by atoms with Crippen LogP contribution in [-0.2, 0) is 0 Å². The number of halogens is 1. The Morgan fingerprint density at radius 1 is 1.11 bits per heavy atom. The monoisotopic (exact) mass is 381 g/mol. The van der Waals surface area contributed by atoms with Crippen LogP contribution < -0.4 is 0 Å². The zero-order valence-corrected chi connectivity index (χ0v) is 15.8. The first-order chi connectivity index (χ1) is 13.1. The lowest BCUT2D eigenvalue weighted by atomic mass is 10.00. The van der Waals surface area contributed by atoms with Gasteiger partial charge < -0.3 is 9.42 Å². The molecule has 5 nitrogen and oxygen atoms in total. The van der Waals surface area contributed by atoms with E-state index in [1.54, 1.807) is 6.07 Å². The van der Waals surface area contributed by atoms with E-state index in [4.69, 9.17) is 16.1 Å². The molecule has 1 aliphatic rings. The van der Waals surface area contributed by atoms with Crippen molar-refractivity contribution in [2.75, 3.05) is 6.54 Å². The Kier molecular flexibility index (Phi) is 4.94. The summed E-state index contributed by atoms with van der Waals surface area (Å²) < 4.78 is 5.47. The molecular weight excluding hydrogens is 362 g/mol. The van der Waals surface area contributed by atoms with Crippen LogP contribution in [0.5, 0.6) is 0 Å². The quantitative estimate of drug-likeness (QED) is 0.635. The lowest BCUT2D eigenvalue weighted by molar-refractivity contribution is 0.0636. The van der Waals surface area contributed by atoms with Crippen molar-refractivity contribution in [1.29, 1.82) is 0 Å². The van der Waals surface area contributed by atoms with Gasteiger partial charge in [0.1, 0.15) is 0 Å². The molecule has 27 heavy (non-hydrogen) atoms. The molecule has 1 unspecified atom stereocenters. The number of likely N-dealkylation sites (tertiary alicyclic amines) is 1.